The zero-order valence-electron chi connectivity index (χ0n) is 14.1. The molecular weight excluding hydrogens is 348 g/mol. The molecule has 0 aliphatic rings. The first-order chi connectivity index (χ1) is 12.0. The summed E-state index contributed by atoms with van der Waals surface area (Å²) < 4.78 is 7.85. The second-order valence-electron chi connectivity index (χ2n) is 5.33. The molecule has 1 atom stereocenters. The van der Waals surface area contributed by atoms with Crippen LogP contribution in [0.15, 0.2) is 36.9 Å². The zero-order valence-corrected chi connectivity index (χ0v) is 14.9. The summed E-state index contributed by atoms with van der Waals surface area (Å²) >= 11 is 5.95. The Balaban J connectivity index is 0.000000705. The van der Waals surface area contributed by atoms with E-state index in [2.05, 4.69) is 17.0 Å². The monoisotopic (exact) mass is 370 g/mol. The number of ether oxygens (including phenoxy) is 1. The summed E-state index contributed by atoms with van der Waals surface area (Å²) in [7, 11) is 0. The van der Waals surface area contributed by atoms with Crippen LogP contribution < -0.4 is 0 Å². The fourth-order valence-corrected chi connectivity index (χ4v) is 2.31. The van der Waals surface area contributed by atoms with Gasteiger partial charge in [0.05, 0.1) is 6.54 Å². The minimum Gasteiger partial charge on any atom is -0.372 e. The Morgan fingerprint density at radius 3 is 2.56 bits per heavy atom. The average Bonchev–Trinajstić information content (AvgIpc) is 3.07. The molecular formula is C16H23ClN4O4. The van der Waals surface area contributed by atoms with Crippen LogP contribution >= 0.6 is 11.6 Å². The van der Waals surface area contributed by atoms with Crippen LogP contribution in [0.2, 0.25) is 5.02 Å². The number of nitrogens with zero attached hydrogens (tertiary/aromatic N) is 4. The second-order valence-corrected chi connectivity index (χ2v) is 5.76. The van der Waals surface area contributed by atoms with E-state index in [1.807, 2.05) is 24.3 Å². The Kier molecular flexibility index (Phi) is 10.2. The smallest absolute Gasteiger partial charge is 0.291 e. The van der Waals surface area contributed by atoms with E-state index in [1.54, 1.807) is 17.3 Å². The number of unbranched alkanes of at least 4 members (excludes halogenated alkanes) is 3. The van der Waals surface area contributed by atoms with Gasteiger partial charge in [-0.25, -0.2) is 4.98 Å². The molecule has 0 spiro atoms. The summed E-state index contributed by atoms with van der Waals surface area (Å²) in [6.45, 7) is 3.64. The molecule has 0 aliphatic heterocycles. The van der Waals surface area contributed by atoms with E-state index in [-0.39, 0.29) is 6.10 Å². The number of aromatic nitrogens is 3. The third-order valence-corrected chi connectivity index (χ3v) is 3.63. The van der Waals surface area contributed by atoms with Crippen molar-refractivity contribution in [3.8, 4) is 0 Å². The molecule has 1 unspecified atom stereocenters. The molecule has 1 heterocycles. The molecule has 0 aliphatic carbocycles. The Hall–Kier alpha value is -2.19. The molecule has 9 heteroatoms. The van der Waals surface area contributed by atoms with E-state index in [0.717, 1.165) is 23.6 Å². The molecule has 1 aromatic carbocycles. The van der Waals surface area contributed by atoms with Gasteiger partial charge in [0, 0.05) is 11.6 Å². The topological polar surface area (TPSA) is 103 Å². The fraction of sp³-hybridized carbons (Fsp3) is 0.500. The zero-order chi connectivity index (χ0) is 18.5. The Morgan fingerprint density at radius 1 is 1.32 bits per heavy atom. The van der Waals surface area contributed by atoms with Crippen molar-refractivity contribution < 1.29 is 15.0 Å². The molecule has 1 aromatic heterocycles. The standard InChI is InChI=1S/C16H22ClN3O.HNO3/c1-2-3-4-5-10-21-16(11-20-13-18-12-19-20)14-6-8-15(17)9-7-14;2-1(3)4/h6-9,12-13,16H,2-5,10-11H2,1H3;(H,2,3,4). The third-order valence-electron chi connectivity index (χ3n) is 3.38. The average molecular weight is 371 g/mol. The maximum absolute atomic E-state index is 8.36. The van der Waals surface area contributed by atoms with Gasteiger partial charge in [-0.3, -0.25) is 4.68 Å². The molecule has 138 valence electrons. The highest BCUT2D eigenvalue weighted by Gasteiger charge is 2.13. The third kappa shape index (κ3) is 9.63. The van der Waals surface area contributed by atoms with Crippen molar-refractivity contribution in [2.24, 2.45) is 0 Å². The molecule has 0 saturated carbocycles. The largest absolute Gasteiger partial charge is 0.372 e. The van der Waals surface area contributed by atoms with Gasteiger partial charge < -0.3 is 9.94 Å². The molecule has 0 fully saturated rings. The fourth-order valence-electron chi connectivity index (χ4n) is 2.18. The number of halogens is 1. The molecule has 0 bridgehead atoms. The quantitative estimate of drug-likeness (QED) is 0.407. The molecule has 2 rings (SSSR count). The van der Waals surface area contributed by atoms with Crippen LogP contribution in [-0.4, -0.2) is 31.7 Å². The summed E-state index contributed by atoms with van der Waals surface area (Å²) in [6, 6.07) is 7.81. The molecule has 0 saturated heterocycles. The van der Waals surface area contributed by atoms with Gasteiger partial charge in [-0.2, -0.15) is 5.10 Å². The molecule has 0 radical (unpaired) electrons. The van der Waals surface area contributed by atoms with Crippen molar-refractivity contribution in [1.29, 1.82) is 0 Å². The van der Waals surface area contributed by atoms with Crippen LogP contribution in [0.1, 0.15) is 44.3 Å². The van der Waals surface area contributed by atoms with Gasteiger partial charge in [0.25, 0.3) is 5.09 Å². The summed E-state index contributed by atoms with van der Waals surface area (Å²) in [5.74, 6) is 0. The predicted octanol–water partition coefficient (Wildman–Crippen LogP) is 3.92. The lowest BCUT2D eigenvalue weighted by Gasteiger charge is -2.18. The lowest BCUT2D eigenvalue weighted by molar-refractivity contribution is -0.742. The highest BCUT2D eigenvalue weighted by Crippen LogP contribution is 2.22. The van der Waals surface area contributed by atoms with Crippen molar-refractivity contribution in [1.82, 2.24) is 14.8 Å². The van der Waals surface area contributed by atoms with Gasteiger partial charge in [0.2, 0.25) is 0 Å². The van der Waals surface area contributed by atoms with Crippen molar-refractivity contribution >= 4 is 11.6 Å². The van der Waals surface area contributed by atoms with Gasteiger partial charge in [-0.1, -0.05) is 49.9 Å². The maximum Gasteiger partial charge on any atom is 0.291 e. The highest BCUT2D eigenvalue weighted by molar-refractivity contribution is 6.30. The van der Waals surface area contributed by atoms with E-state index in [1.165, 1.54) is 19.3 Å². The van der Waals surface area contributed by atoms with Crippen LogP contribution in [-0.2, 0) is 11.3 Å². The molecule has 1 N–H and O–H groups in total. The number of rotatable bonds is 9. The minimum atomic E-state index is -1.50. The van der Waals surface area contributed by atoms with E-state index in [9.17, 15) is 0 Å². The van der Waals surface area contributed by atoms with Gasteiger partial charge in [0.1, 0.15) is 18.8 Å². The van der Waals surface area contributed by atoms with Crippen LogP contribution in [0, 0.1) is 10.1 Å². The minimum absolute atomic E-state index is 0.0226. The summed E-state index contributed by atoms with van der Waals surface area (Å²) in [6.07, 6.45) is 8.04. The normalized spacial score (nSPS) is 11.4. The molecule has 8 nitrogen and oxygen atoms in total. The summed E-state index contributed by atoms with van der Waals surface area (Å²) in [5.41, 5.74) is 1.12. The van der Waals surface area contributed by atoms with Crippen molar-refractivity contribution in [2.75, 3.05) is 6.61 Å². The lowest BCUT2D eigenvalue weighted by atomic mass is 10.1. The number of hydrogen-bond acceptors (Lipinski definition) is 5. The first kappa shape index (κ1) is 20.9. The van der Waals surface area contributed by atoms with Crippen LogP contribution in [0.4, 0.5) is 0 Å². The van der Waals surface area contributed by atoms with E-state index < -0.39 is 5.09 Å². The summed E-state index contributed by atoms with van der Waals surface area (Å²) in [5, 5.41) is 18.5. The van der Waals surface area contributed by atoms with Crippen molar-refractivity contribution in [3.05, 3.63) is 57.6 Å². The predicted molar refractivity (Wildman–Crippen MR) is 93.1 cm³/mol. The van der Waals surface area contributed by atoms with E-state index in [4.69, 9.17) is 31.7 Å². The maximum atomic E-state index is 8.36. The molecule has 2 aromatic rings. The first-order valence-electron chi connectivity index (χ1n) is 8.05. The second kappa shape index (κ2) is 12.2. The highest BCUT2D eigenvalue weighted by atomic mass is 35.5. The number of hydrogen-bond donors (Lipinski definition) is 1. The van der Waals surface area contributed by atoms with Gasteiger partial charge in [-0.15, -0.1) is 10.1 Å². The Morgan fingerprint density at radius 2 is 2.00 bits per heavy atom. The van der Waals surface area contributed by atoms with Crippen molar-refractivity contribution in [3.63, 3.8) is 0 Å². The Labute approximate surface area is 151 Å². The van der Waals surface area contributed by atoms with Crippen molar-refractivity contribution in [2.45, 2.75) is 45.3 Å². The lowest BCUT2D eigenvalue weighted by Crippen LogP contribution is -2.14. The van der Waals surface area contributed by atoms with E-state index in [0.29, 0.717) is 6.54 Å². The van der Waals surface area contributed by atoms with Gasteiger partial charge in [0.15, 0.2) is 0 Å². The number of benzene rings is 1. The van der Waals surface area contributed by atoms with E-state index >= 15 is 0 Å². The van der Waals surface area contributed by atoms with Crippen LogP contribution in [0.3, 0.4) is 0 Å². The SMILES string of the molecule is CCCCCCOC(Cn1cncn1)c1ccc(Cl)cc1.O=[N+]([O-])O. The van der Waals surface area contributed by atoms with Gasteiger partial charge >= 0.3 is 0 Å². The van der Waals surface area contributed by atoms with Crippen LogP contribution in [0.25, 0.3) is 0 Å². The summed E-state index contributed by atoms with van der Waals surface area (Å²) in [4.78, 5) is 12.3. The molecule has 0 amide bonds. The first-order valence-corrected chi connectivity index (χ1v) is 8.43. The van der Waals surface area contributed by atoms with Gasteiger partial charge in [-0.05, 0) is 24.1 Å². The Bertz CT molecular complexity index is 589. The molecule has 25 heavy (non-hydrogen) atoms. The van der Waals surface area contributed by atoms with Crippen LogP contribution in [0.5, 0.6) is 0 Å².